The van der Waals surface area contributed by atoms with Crippen LogP contribution in [0.15, 0.2) is 53.0 Å². The highest BCUT2D eigenvalue weighted by Crippen LogP contribution is 2.26. The summed E-state index contributed by atoms with van der Waals surface area (Å²) in [4.78, 5) is 26.3. The summed E-state index contributed by atoms with van der Waals surface area (Å²) in [7, 11) is 1.61. The second kappa shape index (κ2) is 7.70. The van der Waals surface area contributed by atoms with E-state index >= 15 is 0 Å². The van der Waals surface area contributed by atoms with Gasteiger partial charge in [-0.15, -0.1) is 0 Å². The van der Waals surface area contributed by atoms with Crippen LogP contribution in [-0.4, -0.2) is 32.0 Å². The third-order valence-corrected chi connectivity index (χ3v) is 4.95. The number of carbonyl (C=O) groups is 2. The lowest BCUT2D eigenvalue weighted by molar-refractivity contribution is -0.117. The summed E-state index contributed by atoms with van der Waals surface area (Å²) < 4.78 is 5.90. The molecule has 3 rings (SSSR count). The summed E-state index contributed by atoms with van der Waals surface area (Å²) in [5, 5.41) is 2.92. The molecule has 0 aliphatic carbocycles. The van der Waals surface area contributed by atoms with Crippen molar-refractivity contribution in [2.24, 2.45) is 5.92 Å². The molecule has 130 valence electrons. The number of nitrogens with one attached hydrogen (secondary N) is 1. The van der Waals surface area contributed by atoms with Gasteiger partial charge in [-0.25, -0.2) is 0 Å². The summed E-state index contributed by atoms with van der Waals surface area (Å²) in [5.41, 5.74) is 1.45. The van der Waals surface area contributed by atoms with Crippen molar-refractivity contribution >= 4 is 33.4 Å². The first kappa shape index (κ1) is 17.5. The van der Waals surface area contributed by atoms with Crippen molar-refractivity contribution in [2.75, 3.05) is 25.1 Å². The predicted octanol–water partition coefficient (Wildman–Crippen LogP) is 3.24. The fourth-order valence-electron chi connectivity index (χ4n) is 2.91. The van der Waals surface area contributed by atoms with Crippen LogP contribution in [0.4, 0.5) is 5.69 Å². The number of hydrogen-bond donors (Lipinski definition) is 1. The maximum Gasteiger partial charge on any atom is 0.252 e. The molecule has 0 spiro atoms. The third-order valence-electron chi connectivity index (χ3n) is 4.26. The number of ether oxygens (including phenoxy) is 1. The van der Waals surface area contributed by atoms with Crippen LogP contribution in [0.5, 0.6) is 5.75 Å². The Morgan fingerprint density at radius 1 is 1.24 bits per heavy atom. The van der Waals surface area contributed by atoms with E-state index in [1.807, 2.05) is 42.5 Å². The first-order valence-electron chi connectivity index (χ1n) is 8.05. The van der Waals surface area contributed by atoms with E-state index < -0.39 is 0 Å². The topological polar surface area (TPSA) is 58.6 Å². The first-order chi connectivity index (χ1) is 12.1. The van der Waals surface area contributed by atoms with Gasteiger partial charge in [0.15, 0.2) is 0 Å². The molecule has 2 aromatic rings. The molecule has 25 heavy (non-hydrogen) atoms. The number of amides is 2. The van der Waals surface area contributed by atoms with E-state index in [2.05, 4.69) is 21.2 Å². The zero-order chi connectivity index (χ0) is 17.8. The molecule has 5 nitrogen and oxygen atoms in total. The Morgan fingerprint density at radius 3 is 2.64 bits per heavy atom. The molecule has 0 aromatic heterocycles. The molecular weight excluding hydrogens is 384 g/mol. The molecule has 1 heterocycles. The summed E-state index contributed by atoms with van der Waals surface area (Å²) in [6, 6.07) is 14.7. The lowest BCUT2D eigenvalue weighted by atomic mass is 10.1. The molecule has 1 fully saturated rings. The van der Waals surface area contributed by atoms with E-state index in [1.54, 1.807) is 18.1 Å². The fraction of sp³-hybridized carbons (Fsp3) is 0.263. The van der Waals surface area contributed by atoms with Crippen molar-refractivity contribution < 1.29 is 14.3 Å². The van der Waals surface area contributed by atoms with Crippen LogP contribution in [0.1, 0.15) is 16.8 Å². The molecule has 0 radical (unpaired) electrons. The third kappa shape index (κ3) is 4.02. The first-order valence-corrected chi connectivity index (χ1v) is 8.85. The Balaban J connectivity index is 1.59. The highest BCUT2D eigenvalue weighted by atomic mass is 79.9. The number of nitrogens with zero attached hydrogens (tertiary/aromatic N) is 1. The number of carbonyl (C=O) groups excluding carboxylic acids is 2. The van der Waals surface area contributed by atoms with Gasteiger partial charge in [0.1, 0.15) is 5.75 Å². The number of halogens is 1. The van der Waals surface area contributed by atoms with Gasteiger partial charge in [-0.3, -0.25) is 9.59 Å². The second-order valence-electron chi connectivity index (χ2n) is 5.96. The van der Waals surface area contributed by atoms with Crippen LogP contribution in [0.25, 0.3) is 0 Å². The average molecular weight is 403 g/mol. The van der Waals surface area contributed by atoms with Gasteiger partial charge in [0.05, 0.1) is 12.7 Å². The SMILES string of the molecule is COc1ccc(N2CC(CNC(=O)c3ccccc3Br)CC2=O)cc1. The number of anilines is 1. The zero-order valence-electron chi connectivity index (χ0n) is 13.9. The predicted molar refractivity (Wildman–Crippen MR) is 99.9 cm³/mol. The molecule has 1 atom stereocenters. The Bertz CT molecular complexity index is 776. The molecule has 0 bridgehead atoms. The van der Waals surface area contributed by atoms with E-state index in [4.69, 9.17) is 4.74 Å². The van der Waals surface area contributed by atoms with Crippen molar-refractivity contribution in [3.63, 3.8) is 0 Å². The van der Waals surface area contributed by atoms with Crippen molar-refractivity contribution in [3.05, 3.63) is 58.6 Å². The number of methoxy groups -OCH3 is 1. The molecule has 6 heteroatoms. The lowest BCUT2D eigenvalue weighted by Crippen LogP contribution is -2.31. The molecule has 0 saturated carbocycles. The Morgan fingerprint density at radius 2 is 1.96 bits per heavy atom. The summed E-state index contributed by atoms with van der Waals surface area (Å²) in [5.74, 6) is 0.793. The Kier molecular flexibility index (Phi) is 5.38. The minimum atomic E-state index is -0.136. The molecule has 1 saturated heterocycles. The van der Waals surface area contributed by atoms with Gasteiger partial charge in [-0.1, -0.05) is 12.1 Å². The molecular formula is C19H19BrN2O3. The van der Waals surface area contributed by atoms with Crippen LogP contribution in [0.2, 0.25) is 0 Å². The van der Waals surface area contributed by atoms with Crippen molar-refractivity contribution in [3.8, 4) is 5.75 Å². The smallest absolute Gasteiger partial charge is 0.252 e. The van der Waals surface area contributed by atoms with E-state index in [0.29, 0.717) is 25.1 Å². The summed E-state index contributed by atoms with van der Waals surface area (Å²) >= 11 is 3.38. The maximum absolute atomic E-state index is 12.3. The van der Waals surface area contributed by atoms with Crippen LogP contribution in [0.3, 0.4) is 0 Å². The largest absolute Gasteiger partial charge is 0.497 e. The molecule has 1 aliphatic heterocycles. The van der Waals surface area contributed by atoms with Gasteiger partial charge in [0.2, 0.25) is 5.91 Å². The van der Waals surface area contributed by atoms with E-state index in [1.165, 1.54) is 0 Å². The van der Waals surface area contributed by atoms with Crippen LogP contribution in [0, 0.1) is 5.92 Å². The zero-order valence-corrected chi connectivity index (χ0v) is 15.5. The van der Waals surface area contributed by atoms with Crippen molar-refractivity contribution in [2.45, 2.75) is 6.42 Å². The normalized spacial score (nSPS) is 16.8. The van der Waals surface area contributed by atoms with Gasteiger partial charge < -0.3 is 15.0 Å². The second-order valence-corrected chi connectivity index (χ2v) is 6.82. The minimum absolute atomic E-state index is 0.0744. The molecule has 2 amide bonds. The summed E-state index contributed by atoms with van der Waals surface area (Å²) in [6.45, 7) is 1.07. The van der Waals surface area contributed by atoms with E-state index in [-0.39, 0.29) is 17.7 Å². The highest BCUT2D eigenvalue weighted by Gasteiger charge is 2.30. The van der Waals surface area contributed by atoms with Crippen molar-refractivity contribution in [1.82, 2.24) is 5.32 Å². The molecule has 1 aliphatic rings. The Labute approximate surface area is 155 Å². The molecule has 1 unspecified atom stereocenters. The average Bonchev–Trinajstić information content (AvgIpc) is 3.01. The van der Waals surface area contributed by atoms with Gasteiger partial charge >= 0.3 is 0 Å². The van der Waals surface area contributed by atoms with E-state index in [9.17, 15) is 9.59 Å². The standard InChI is InChI=1S/C19H19BrN2O3/c1-25-15-8-6-14(7-9-15)22-12-13(10-18(22)23)11-21-19(24)16-4-2-3-5-17(16)20/h2-9,13H,10-12H2,1H3,(H,21,24). The fourth-order valence-corrected chi connectivity index (χ4v) is 3.37. The van der Waals surface area contributed by atoms with Gasteiger partial charge in [0.25, 0.3) is 5.91 Å². The van der Waals surface area contributed by atoms with E-state index in [0.717, 1.165) is 15.9 Å². The van der Waals surface area contributed by atoms with Crippen LogP contribution in [-0.2, 0) is 4.79 Å². The minimum Gasteiger partial charge on any atom is -0.497 e. The monoisotopic (exact) mass is 402 g/mol. The molecule has 2 aromatic carbocycles. The summed E-state index contributed by atoms with van der Waals surface area (Å²) in [6.07, 6.45) is 0.433. The number of benzene rings is 2. The quantitative estimate of drug-likeness (QED) is 0.834. The Hall–Kier alpha value is -2.34. The maximum atomic E-state index is 12.3. The highest BCUT2D eigenvalue weighted by molar-refractivity contribution is 9.10. The number of rotatable bonds is 5. The molecule has 1 N–H and O–H groups in total. The number of hydrogen-bond acceptors (Lipinski definition) is 3. The van der Waals surface area contributed by atoms with Crippen molar-refractivity contribution in [1.29, 1.82) is 0 Å². The van der Waals surface area contributed by atoms with Gasteiger partial charge in [0, 0.05) is 35.6 Å². The van der Waals surface area contributed by atoms with Gasteiger partial charge in [-0.05, 0) is 52.3 Å². The van der Waals surface area contributed by atoms with Crippen LogP contribution < -0.4 is 15.0 Å². The van der Waals surface area contributed by atoms with Crippen LogP contribution >= 0.6 is 15.9 Å². The lowest BCUT2D eigenvalue weighted by Gasteiger charge is -2.17. The van der Waals surface area contributed by atoms with Gasteiger partial charge in [-0.2, -0.15) is 0 Å².